The molecule has 3 aromatic rings. The van der Waals surface area contributed by atoms with Crippen LogP contribution in [0.4, 0.5) is 0 Å². The SMILES string of the molecule is Cc1nnc(C(C(=O)N2C[C@H](O)C[C@H]2C(=O)NCc2ccc(-c3scnc3C)cc2)C(C)C)s1. The summed E-state index contributed by atoms with van der Waals surface area (Å²) in [5, 5.41) is 22.9. The maximum Gasteiger partial charge on any atom is 0.243 e. The molecule has 0 saturated carbocycles. The van der Waals surface area contributed by atoms with Gasteiger partial charge in [-0.2, -0.15) is 0 Å². The third-order valence-corrected chi connectivity index (χ3v) is 7.93. The van der Waals surface area contributed by atoms with Gasteiger partial charge in [0.25, 0.3) is 0 Å². The van der Waals surface area contributed by atoms with Crippen molar-refractivity contribution in [1.82, 2.24) is 25.4 Å². The summed E-state index contributed by atoms with van der Waals surface area (Å²) < 4.78 is 0. The van der Waals surface area contributed by atoms with Crippen LogP contribution in [0, 0.1) is 19.8 Å². The van der Waals surface area contributed by atoms with Gasteiger partial charge in [0, 0.05) is 19.5 Å². The molecular formula is C24H29N5O3S2. The van der Waals surface area contributed by atoms with Crippen molar-refractivity contribution in [3.8, 4) is 10.4 Å². The molecule has 3 atom stereocenters. The zero-order valence-corrected chi connectivity index (χ0v) is 21.3. The number of likely N-dealkylation sites (tertiary alicyclic amines) is 1. The fourth-order valence-corrected chi connectivity index (χ4v) is 6.04. The van der Waals surface area contributed by atoms with Gasteiger partial charge in [-0.05, 0) is 30.9 Å². The summed E-state index contributed by atoms with van der Waals surface area (Å²) in [6, 6.07) is 7.29. The van der Waals surface area contributed by atoms with Crippen molar-refractivity contribution < 1.29 is 14.7 Å². The van der Waals surface area contributed by atoms with Crippen molar-refractivity contribution in [2.24, 2.45) is 5.92 Å². The number of aromatic nitrogens is 3. The van der Waals surface area contributed by atoms with E-state index >= 15 is 0 Å². The molecule has 8 nitrogen and oxygen atoms in total. The Balaban J connectivity index is 1.43. The van der Waals surface area contributed by atoms with Crippen LogP contribution in [0.2, 0.25) is 0 Å². The lowest BCUT2D eigenvalue weighted by molar-refractivity contribution is -0.140. The number of aryl methyl sites for hydroxylation is 2. The summed E-state index contributed by atoms with van der Waals surface area (Å²) in [5.41, 5.74) is 4.88. The van der Waals surface area contributed by atoms with E-state index < -0.39 is 18.1 Å². The molecule has 4 rings (SSSR count). The number of rotatable bonds is 7. The highest BCUT2D eigenvalue weighted by Crippen LogP contribution is 2.32. The van der Waals surface area contributed by atoms with E-state index in [0.29, 0.717) is 11.6 Å². The van der Waals surface area contributed by atoms with Crippen LogP contribution in [0.1, 0.15) is 47.5 Å². The Bertz CT molecular complexity index is 1160. The average Bonchev–Trinajstić information content (AvgIpc) is 3.52. The molecule has 1 unspecified atom stereocenters. The standard InChI is InChI=1S/C24H29N5O3S2/c1-13(2)20(23-28-27-15(4)34-23)24(32)29-11-18(30)9-19(29)22(31)25-10-16-5-7-17(8-6-16)21-14(3)26-12-33-21/h5-8,12-13,18-20,30H,9-11H2,1-4H3,(H,25,31)/t18-,19+,20?/m1/s1. The first-order valence-electron chi connectivity index (χ1n) is 11.3. The molecule has 180 valence electrons. The second-order valence-corrected chi connectivity index (χ2v) is 11.0. The average molecular weight is 500 g/mol. The molecular weight excluding hydrogens is 470 g/mol. The van der Waals surface area contributed by atoms with E-state index in [1.807, 2.05) is 57.5 Å². The molecule has 10 heteroatoms. The summed E-state index contributed by atoms with van der Waals surface area (Å²) in [7, 11) is 0. The van der Waals surface area contributed by atoms with E-state index in [1.165, 1.54) is 16.2 Å². The highest BCUT2D eigenvalue weighted by molar-refractivity contribution is 7.13. The van der Waals surface area contributed by atoms with Crippen LogP contribution in [0.3, 0.4) is 0 Å². The normalized spacial score (nSPS) is 18.9. The summed E-state index contributed by atoms with van der Waals surface area (Å²) >= 11 is 3.00. The Labute approximate surface area is 207 Å². The van der Waals surface area contributed by atoms with Crippen LogP contribution < -0.4 is 5.32 Å². The number of hydrogen-bond acceptors (Lipinski definition) is 8. The first-order chi connectivity index (χ1) is 16.2. The highest BCUT2D eigenvalue weighted by atomic mass is 32.1. The molecule has 1 aliphatic rings. The molecule has 2 N–H and O–H groups in total. The van der Waals surface area contributed by atoms with Gasteiger partial charge in [-0.25, -0.2) is 4.98 Å². The molecule has 0 aliphatic carbocycles. The first-order valence-corrected chi connectivity index (χ1v) is 13.0. The van der Waals surface area contributed by atoms with E-state index in [9.17, 15) is 14.7 Å². The highest BCUT2D eigenvalue weighted by Gasteiger charge is 2.43. The maximum absolute atomic E-state index is 13.5. The second-order valence-electron chi connectivity index (χ2n) is 8.96. The zero-order chi connectivity index (χ0) is 24.4. The summed E-state index contributed by atoms with van der Waals surface area (Å²) in [6.07, 6.45) is -0.508. The van der Waals surface area contributed by atoms with Gasteiger partial charge in [0.15, 0.2) is 0 Å². The van der Waals surface area contributed by atoms with Gasteiger partial charge in [0.05, 0.1) is 28.1 Å². The summed E-state index contributed by atoms with van der Waals surface area (Å²) in [5.74, 6) is -0.952. The predicted octanol–water partition coefficient (Wildman–Crippen LogP) is 3.30. The lowest BCUT2D eigenvalue weighted by Gasteiger charge is -2.28. The van der Waals surface area contributed by atoms with Crippen molar-refractivity contribution in [2.75, 3.05) is 6.54 Å². The van der Waals surface area contributed by atoms with Crippen LogP contribution in [0.15, 0.2) is 29.8 Å². The molecule has 0 spiro atoms. The smallest absolute Gasteiger partial charge is 0.243 e. The number of nitrogens with zero attached hydrogens (tertiary/aromatic N) is 4. The molecule has 1 saturated heterocycles. The van der Waals surface area contributed by atoms with Crippen molar-refractivity contribution in [3.05, 3.63) is 51.0 Å². The van der Waals surface area contributed by atoms with Crippen molar-refractivity contribution in [3.63, 3.8) is 0 Å². The van der Waals surface area contributed by atoms with Crippen molar-refractivity contribution >= 4 is 34.5 Å². The van der Waals surface area contributed by atoms with Gasteiger partial charge in [0.2, 0.25) is 11.8 Å². The minimum absolute atomic E-state index is 0.0120. The van der Waals surface area contributed by atoms with Crippen LogP contribution in [-0.4, -0.2) is 55.7 Å². The second kappa shape index (κ2) is 10.3. The summed E-state index contributed by atoms with van der Waals surface area (Å²) in [6.45, 7) is 8.24. The van der Waals surface area contributed by atoms with E-state index in [-0.39, 0.29) is 30.7 Å². The van der Waals surface area contributed by atoms with Crippen LogP contribution in [-0.2, 0) is 16.1 Å². The van der Waals surface area contributed by atoms with Crippen molar-refractivity contribution in [1.29, 1.82) is 0 Å². The third kappa shape index (κ3) is 5.18. The minimum atomic E-state index is -0.731. The number of aliphatic hydroxyl groups excluding tert-OH is 1. The largest absolute Gasteiger partial charge is 0.391 e. The van der Waals surface area contributed by atoms with Crippen molar-refractivity contribution in [2.45, 2.75) is 58.7 Å². The molecule has 2 aromatic heterocycles. The van der Waals surface area contributed by atoms with E-state index in [2.05, 4.69) is 20.5 Å². The number of thiazole rings is 1. The van der Waals surface area contributed by atoms with E-state index in [0.717, 1.165) is 26.7 Å². The first kappa shape index (κ1) is 24.4. The predicted molar refractivity (Wildman–Crippen MR) is 132 cm³/mol. The van der Waals surface area contributed by atoms with Crippen LogP contribution in [0.25, 0.3) is 10.4 Å². The topological polar surface area (TPSA) is 108 Å². The molecule has 1 aromatic carbocycles. The van der Waals surface area contributed by atoms with Gasteiger partial charge in [-0.1, -0.05) is 38.1 Å². The molecule has 0 bridgehead atoms. The fraction of sp³-hybridized carbons (Fsp3) is 0.458. The molecule has 3 heterocycles. The number of benzene rings is 1. The van der Waals surface area contributed by atoms with Crippen LogP contribution >= 0.6 is 22.7 Å². The Morgan fingerprint density at radius 3 is 2.53 bits per heavy atom. The van der Waals surface area contributed by atoms with E-state index in [1.54, 1.807) is 11.3 Å². The number of β-amino-alcohol motifs (C(OH)–C–C–N with tert-alkyl or cyclic N) is 1. The maximum atomic E-state index is 13.5. The van der Waals surface area contributed by atoms with Gasteiger partial charge in [-0.3, -0.25) is 9.59 Å². The summed E-state index contributed by atoms with van der Waals surface area (Å²) in [4.78, 5) is 33.5. The van der Waals surface area contributed by atoms with Gasteiger partial charge < -0.3 is 15.3 Å². The Morgan fingerprint density at radius 2 is 1.94 bits per heavy atom. The lowest BCUT2D eigenvalue weighted by atomic mass is 9.94. The zero-order valence-electron chi connectivity index (χ0n) is 19.7. The Kier molecular flexibility index (Phi) is 7.39. The quantitative estimate of drug-likeness (QED) is 0.516. The number of carbonyl (C=O) groups excluding carboxylic acids is 2. The number of amides is 2. The minimum Gasteiger partial charge on any atom is -0.391 e. The number of carbonyl (C=O) groups is 2. The Morgan fingerprint density at radius 1 is 1.21 bits per heavy atom. The van der Waals surface area contributed by atoms with E-state index in [4.69, 9.17) is 0 Å². The number of nitrogens with one attached hydrogen (secondary N) is 1. The molecule has 2 amide bonds. The molecule has 0 radical (unpaired) electrons. The number of hydrogen-bond donors (Lipinski definition) is 2. The Hall–Kier alpha value is -2.69. The third-order valence-electron chi connectivity index (χ3n) is 6.03. The lowest BCUT2D eigenvalue weighted by Crippen LogP contribution is -2.48. The monoisotopic (exact) mass is 499 g/mol. The van der Waals surface area contributed by atoms with Crippen LogP contribution in [0.5, 0.6) is 0 Å². The van der Waals surface area contributed by atoms with Gasteiger partial charge in [-0.15, -0.1) is 32.9 Å². The van der Waals surface area contributed by atoms with Gasteiger partial charge >= 0.3 is 0 Å². The fourth-order valence-electron chi connectivity index (χ4n) is 4.26. The molecule has 1 fully saturated rings. The molecule has 34 heavy (non-hydrogen) atoms. The number of aliphatic hydroxyl groups is 1. The molecule has 1 aliphatic heterocycles. The van der Waals surface area contributed by atoms with Gasteiger partial charge in [0.1, 0.15) is 16.1 Å².